The summed E-state index contributed by atoms with van der Waals surface area (Å²) in [5, 5.41) is 10.1. The van der Waals surface area contributed by atoms with Crippen molar-refractivity contribution in [3.63, 3.8) is 0 Å². The van der Waals surface area contributed by atoms with Gasteiger partial charge in [-0.3, -0.25) is 9.09 Å². The summed E-state index contributed by atoms with van der Waals surface area (Å²) in [6.45, 7) is -0.644. The molecule has 0 amide bonds. The molecule has 1 aliphatic rings. The molecule has 3 heterocycles. The summed E-state index contributed by atoms with van der Waals surface area (Å²) < 4.78 is 37.3. The van der Waals surface area contributed by atoms with Crippen LogP contribution in [0.3, 0.4) is 0 Å². The van der Waals surface area contributed by atoms with Crippen LogP contribution in [-0.4, -0.2) is 87.7 Å². The molecular weight excluding hydrogens is 419 g/mol. The van der Waals surface area contributed by atoms with Crippen molar-refractivity contribution in [2.75, 3.05) is 12.3 Å². The number of imidazole rings is 1. The van der Waals surface area contributed by atoms with E-state index in [1.165, 1.54) is 17.2 Å². The van der Waals surface area contributed by atoms with Gasteiger partial charge in [-0.1, -0.05) is 0 Å². The average molecular weight is 434 g/mol. The van der Waals surface area contributed by atoms with E-state index >= 15 is 0 Å². The first-order valence-corrected chi connectivity index (χ1v) is 10.1. The number of nitrogens with two attached hydrogens (primary N) is 1. The number of phosphoric acid groups is 2. The monoisotopic (exact) mass is 434 g/mol. The van der Waals surface area contributed by atoms with Crippen molar-refractivity contribution in [3.8, 4) is 0 Å². The van der Waals surface area contributed by atoms with Gasteiger partial charge >= 0.3 is 15.6 Å². The number of fused-ring (bicyclic) bond motifs is 1. The van der Waals surface area contributed by atoms with Crippen molar-refractivity contribution in [2.24, 2.45) is 0 Å². The van der Waals surface area contributed by atoms with Crippen LogP contribution in [0.25, 0.3) is 11.2 Å². The third-order valence-corrected chi connectivity index (χ3v) is 5.66. The fraction of sp³-hybridized carbons (Fsp3) is 0.500. The number of hydrogen-bond acceptors (Lipinski definition) is 10. The van der Waals surface area contributed by atoms with Gasteiger partial charge in [-0.05, 0) is 0 Å². The summed E-state index contributed by atoms with van der Waals surface area (Å²) in [7, 11) is -10.3. The van der Waals surface area contributed by atoms with Crippen molar-refractivity contribution in [3.05, 3.63) is 12.7 Å². The summed E-state index contributed by atoms with van der Waals surface area (Å²) in [5.41, 5.74) is 6.41. The molecule has 1 unspecified atom stereocenters. The molecule has 0 bridgehead atoms. The van der Waals surface area contributed by atoms with Crippen LogP contribution in [0.15, 0.2) is 12.7 Å². The van der Waals surface area contributed by atoms with Crippen molar-refractivity contribution in [1.82, 2.24) is 19.5 Å². The van der Waals surface area contributed by atoms with Gasteiger partial charge in [0.25, 0.3) is 0 Å². The van der Waals surface area contributed by atoms with Crippen molar-refractivity contribution < 1.29 is 42.5 Å². The molecule has 4 atom stereocenters. The normalized spacial score (nSPS) is 25.3. The van der Waals surface area contributed by atoms with Gasteiger partial charge in [-0.15, -0.1) is 0 Å². The standard InChI is InChI=1S/C10H15N5O9P2.Na/c11-9-8-10(13-3-12-9)15(4-14-8)7-1-5(16)6(23-7)2-22-26(20,21)24-25(17,18)19;/h3-7,16H,1-2H2,(H,20,21)(H2,11,12,13)(H2,17,18,19);/t5-,6+,7+;/m0./s1. The Balaban J connectivity index is 0.00000261. The molecule has 1 radical (unpaired) electrons. The summed E-state index contributed by atoms with van der Waals surface area (Å²) >= 11 is 0. The van der Waals surface area contributed by atoms with E-state index in [9.17, 15) is 19.1 Å². The fourth-order valence-corrected chi connectivity index (χ4v) is 4.04. The molecule has 0 saturated carbocycles. The Morgan fingerprint density at radius 1 is 1.30 bits per heavy atom. The van der Waals surface area contributed by atoms with Crippen LogP contribution in [0.4, 0.5) is 5.82 Å². The number of aliphatic hydroxyl groups excluding tert-OH is 1. The molecule has 1 aliphatic heterocycles. The molecule has 17 heteroatoms. The Kier molecular flexibility index (Phi) is 7.18. The van der Waals surface area contributed by atoms with E-state index in [-0.39, 0.29) is 41.8 Å². The second-order valence-corrected chi connectivity index (χ2v) is 8.18. The molecule has 2 aromatic heterocycles. The smallest absolute Gasteiger partial charge is 0.390 e. The molecule has 1 saturated heterocycles. The minimum Gasteiger partial charge on any atom is -0.390 e. The number of aromatic nitrogens is 4. The summed E-state index contributed by atoms with van der Waals surface area (Å²) in [4.78, 5) is 38.3. The maximum Gasteiger partial charge on any atom is 0.481 e. The Bertz CT molecular complexity index is 906. The first kappa shape index (κ1) is 22.8. The summed E-state index contributed by atoms with van der Waals surface area (Å²) in [6, 6.07) is 0. The van der Waals surface area contributed by atoms with E-state index < -0.39 is 40.7 Å². The first-order chi connectivity index (χ1) is 12.1. The van der Waals surface area contributed by atoms with E-state index in [0.29, 0.717) is 11.2 Å². The predicted octanol–water partition coefficient (Wildman–Crippen LogP) is -1.10. The van der Waals surface area contributed by atoms with Crippen molar-refractivity contribution in [2.45, 2.75) is 24.9 Å². The van der Waals surface area contributed by atoms with Gasteiger partial charge in [0, 0.05) is 36.0 Å². The number of nitrogen functional groups attached to an aromatic ring is 1. The van der Waals surface area contributed by atoms with E-state index in [2.05, 4.69) is 23.8 Å². The van der Waals surface area contributed by atoms with E-state index in [4.69, 9.17) is 20.3 Å². The zero-order chi connectivity index (χ0) is 19.1. The van der Waals surface area contributed by atoms with E-state index in [0.717, 1.165) is 0 Å². The molecule has 145 valence electrons. The maximum absolute atomic E-state index is 11.5. The SMILES string of the molecule is Nc1ncnc2c1ncn2[C@H]1C[C@H](O)[C@@H](COP(=O)(O)OP(=O)(O)O)O1.[Na]. The van der Waals surface area contributed by atoms with Crippen LogP contribution in [0.2, 0.25) is 0 Å². The molecule has 2 aromatic rings. The minimum absolute atomic E-state index is 0. The zero-order valence-corrected chi connectivity index (χ0v) is 17.7. The van der Waals surface area contributed by atoms with Crippen LogP contribution in [0.5, 0.6) is 0 Å². The zero-order valence-electron chi connectivity index (χ0n) is 13.9. The van der Waals surface area contributed by atoms with Crippen molar-refractivity contribution >= 4 is 62.2 Å². The number of rotatable bonds is 6. The van der Waals surface area contributed by atoms with Crippen LogP contribution in [0, 0.1) is 0 Å². The number of ether oxygens (including phenoxy) is 1. The van der Waals surface area contributed by atoms with Crippen LogP contribution in [0.1, 0.15) is 12.6 Å². The Labute approximate surface area is 173 Å². The number of anilines is 1. The molecule has 0 aromatic carbocycles. The van der Waals surface area contributed by atoms with Crippen LogP contribution in [-0.2, 0) is 22.7 Å². The summed E-state index contributed by atoms with van der Waals surface area (Å²) in [5.74, 6) is 0.169. The van der Waals surface area contributed by atoms with Gasteiger partial charge in [0.1, 0.15) is 24.2 Å². The number of aliphatic hydroxyl groups is 1. The van der Waals surface area contributed by atoms with Gasteiger partial charge in [-0.25, -0.2) is 24.1 Å². The largest absolute Gasteiger partial charge is 0.481 e. The third-order valence-electron chi connectivity index (χ3n) is 3.51. The topological polar surface area (TPSA) is 212 Å². The van der Waals surface area contributed by atoms with Crippen molar-refractivity contribution in [1.29, 1.82) is 0 Å². The Morgan fingerprint density at radius 3 is 2.67 bits per heavy atom. The predicted molar refractivity (Wildman–Crippen MR) is 88.9 cm³/mol. The second kappa shape index (κ2) is 8.49. The number of hydrogen-bond donors (Lipinski definition) is 5. The Morgan fingerprint density at radius 2 is 2.00 bits per heavy atom. The fourth-order valence-electron chi connectivity index (χ4n) is 2.44. The number of phosphoric ester groups is 1. The molecule has 27 heavy (non-hydrogen) atoms. The average Bonchev–Trinajstić information content (AvgIpc) is 3.07. The maximum atomic E-state index is 11.5. The molecule has 6 N–H and O–H groups in total. The van der Waals surface area contributed by atoms with Gasteiger partial charge in [0.05, 0.1) is 19.0 Å². The molecular formula is C10H15N5NaO9P2. The first-order valence-electron chi connectivity index (χ1n) is 7.06. The second-order valence-electron chi connectivity index (χ2n) is 5.35. The molecule has 14 nitrogen and oxygen atoms in total. The molecule has 0 spiro atoms. The quantitative estimate of drug-likeness (QED) is 0.270. The van der Waals surface area contributed by atoms with Gasteiger partial charge in [0.15, 0.2) is 11.5 Å². The van der Waals surface area contributed by atoms with Gasteiger partial charge < -0.3 is 30.3 Å². The van der Waals surface area contributed by atoms with E-state index in [1.807, 2.05) is 0 Å². The molecule has 1 fully saturated rings. The van der Waals surface area contributed by atoms with Crippen LogP contribution < -0.4 is 5.73 Å². The number of nitrogens with zero attached hydrogens (tertiary/aromatic N) is 4. The Hall–Kier alpha value is -0.470. The van der Waals surface area contributed by atoms with Gasteiger partial charge in [0.2, 0.25) is 0 Å². The minimum atomic E-state index is -5.23. The molecule has 3 rings (SSSR count). The molecule has 0 aliphatic carbocycles. The third kappa shape index (κ3) is 5.54. The van der Waals surface area contributed by atoms with Crippen LogP contribution >= 0.6 is 15.6 Å². The van der Waals surface area contributed by atoms with Gasteiger partial charge in [-0.2, -0.15) is 4.31 Å². The van der Waals surface area contributed by atoms with E-state index in [1.54, 1.807) is 0 Å². The summed E-state index contributed by atoms with van der Waals surface area (Å²) in [6.07, 6.45) is -0.158.